The molecule has 0 fully saturated rings. The summed E-state index contributed by atoms with van der Waals surface area (Å²) < 4.78 is 1.15. The van der Waals surface area contributed by atoms with Crippen molar-refractivity contribution in [1.82, 2.24) is 9.78 Å². The quantitative estimate of drug-likeness (QED) is 0.738. The maximum Gasteiger partial charge on any atom is 0.289 e. The number of hydrogen-bond donors (Lipinski definition) is 2. The highest BCUT2D eigenvalue weighted by Crippen LogP contribution is 2.26. The Morgan fingerprint density at radius 1 is 1.38 bits per heavy atom. The predicted molar refractivity (Wildman–Crippen MR) is 61.0 cm³/mol. The topological polar surface area (TPSA) is 81.1 Å². The molecule has 0 spiro atoms. The van der Waals surface area contributed by atoms with Crippen molar-refractivity contribution in [1.29, 1.82) is 0 Å². The van der Waals surface area contributed by atoms with Crippen molar-refractivity contribution in [2.24, 2.45) is 7.05 Å². The van der Waals surface area contributed by atoms with Gasteiger partial charge in [0.05, 0.1) is 5.69 Å². The lowest BCUT2D eigenvalue weighted by Crippen LogP contribution is -2.22. The Morgan fingerprint density at radius 3 is 2.69 bits per heavy atom. The lowest BCUT2D eigenvalue weighted by molar-refractivity contribution is 0.477. The average Bonchev–Trinajstić information content (AvgIpc) is 2.26. The van der Waals surface area contributed by atoms with Gasteiger partial charge in [-0.05, 0) is 18.2 Å². The van der Waals surface area contributed by atoms with E-state index in [1.54, 1.807) is 24.3 Å². The van der Waals surface area contributed by atoms with Gasteiger partial charge in [-0.25, -0.2) is 4.68 Å². The van der Waals surface area contributed by atoms with E-state index in [1.165, 1.54) is 13.1 Å². The van der Waals surface area contributed by atoms with E-state index in [0.29, 0.717) is 11.3 Å². The van der Waals surface area contributed by atoms with Crippen molar-refractivity contribution in [3.8, 4) is 17.0 Å². The van der Waals surface area contributed by atoms with E-state index in [1.807, 2.05) is 0 Å². The first-order chi connectivity index (χ1) is 7.59. The minimum absolute atomic E-state index is 0.105. The van der Waals surface area contributed by atoms with Gasteiger partial charge in [-0.2, -0.15) is 5.10 Å². The number of nitrogen functional groups attached to an aromatic ring is 1. The molecule has 0 aliphatic carbocycles. The first-order valence-corrected chi connectivity index (χ1v) is 4.72. The number of nitrogens with zero attached hydrogens (tertiary/aromatic N) is 2. The van der Waals surface area contributed by atoms with Gasteiger partial charge < -0.3 is 10.8 Å². The molecule has 0 unspecified atom stereocenters. The largest absolute Gasteiger partial charge is 0.507 e. The fraction of sp³-hybridized carbons (Fsp3) is 0.0909. The number of benzene rings is 1. The Hall–Kier alpha value is -2.30. The molecule has 1 heterocycles. The van der Waals surface area contributed by atoms with E-state index in [0.717, 1.165) is 4.68 Å². The van der Waals surface area contributed by atoms with Crippen molar-refractivity contribution in [2.45, 2.75) is 0 Å². The van der Waals surface area contributed by atoms with Crippen LogP contribution in [-0.4, -0.2) is 14.9 Å². The van der Waals surface area contributed by atoms with E-state index >= 15 is 0 Å². The molecule has 16 heavy (non-hydrogen) atoms. The average molecular weight is 217 g/mol. The zero-order chi connectivity index (χ0) is 11.7. The zero-order valence-corrected chi connectivity index (χ0v) is 8.71. The molecule has 0 saturated heterocycles. The van der Waals surface area contributed by atoms with E-state index in [4.69, 9.17) is 5.73 Å². The number of para-hydroxylation sites is 1. The molecule has 2 rings (SSSR count). The Balaban J connectivity index is 2.67. The standard InChI is InChI=1S/C11H11N3O2/c1-14-11(16)8(12)6-9(13-14)7-4-2-3-5-10(7)15/h2-6,15H,12H2,1H3. The molecule has 0 saturated carbocycles. The summed E-state index contributed by atoms with van der Waals surface area (Å²) in [5, 5.41) is 13.7. The number of aromatic nitrogens is 2. The highest BCUT2D eigenvalue weighted by atomic mass is 16.3. The summed E-state index contributed by atoms with van der Waals surface area (Å²) in [5.74, 6) is 0.105. The van der Waals surface area contributed by atoms with Crippen molar-refractivity contribution in [2.75, 3.05) is 5.73 Å². The van der Waals surface area contributed by atoms with Gasteiger partial charge >= 0.3 is 0 Å². The Labute approximate surface area is 91.8 Å². The molecule has 0 aliphatic rings. The van der Waals surface area contributed by atoms with Gasteiger partial charge in [-0.3, -0.25) is 4.79 Å². The second-order valence-corrected chi connectivity index (χ2v) is 3.43. The van der Waals surface area contributed by atoms with Crippen molar-refractivity contribution < 1.29 is 5.11 Å². The third-order valence-electron chi connectivity index (χ3n) is 2.27. The van der Waals surface area contributed by atoms with E-state index in [-0.39, 0.29) is 17.0 Å². The van der Waals surface area contributed by atoms with Crippen LogP contribution in [0, 0.1) is 0 Å². The van der Waals surface area contributed by atoms with Gasteiger partial charge in [0.25, 0.3) is 5.56 Å². The van der Waals surface area contributed by atoms with E-state index in [9.17, 15) is 9.90 Å². The van der Waals surface area contributed by atoms with Crippen LogP contribution in [0.2, 0.25) is 0 Å². The summed E-state index contributed by atoms with van der Waals surface area (Å²) in [6.45, 7) is 0. The van der Waals surface area contributed by atoms with Gasteiger partial charge in [0.1, 0.15) is 11.4 Å². The maximum absolute atomic E-state index is 11.3. The summed E-state index contributed by atoms with van der Waals surface area (Å²) >= 11 is 0. The van der Waals surface area contributed by atoms with Crippen LogP contribution >= 0.6 is 0 Å². The summed E-state index contributed by atoms with van der Waals surface area (Å²) in [7, 11) is 1.52. The molecule has 0 atom stereocenters. The van der Waals surface area contributed by atoms with Crippen molar-refractivity contribution in [3.05, 3.63) is 40.7 Å². The molecule has 0 radical (unpaired) electrons. The summed E-state index contributed by atoms with van der Waals surface area (Å²) in [5.41, 5.74) is 6.33. The van der Waals surface area contributed by atoms with Crippen LogP contribution in [0.1, 0.15) is 0 Å². The number of aryl methyl sites for hydroxylation is 1. The molecular formula is C11H11N3O2. The maximum atomic E-state index is 11.3. The molecule has 1 aromatic carbocycles. The fourth-order valence-electron chi connectivity index (χ4n) is 1.45. The van der Waals surface area contributed by atoms with E-state index in [2.05, 4.69) is 5.10 Å². The van der Waals surface area contributed by atoms with Gasteiger partial charge in [0.2, 0.25) is 0 Å². The molecule has 3 N–H and O–H groups in total. The summed E-state index contributed by atoms with van der Waals surface area (Å²) in [6.07, 6.45) is 0. The lowest BCUT2D eigenvalue weighted by Gasteiger charge is -2.06. The monoisotopic (exact) mass is 217 g/mol. The number of rotatable bonds is 1. The molecule has 82 valence electrons. The molecule has 5 heteroatoms. The number of aromatic hydroxyl groups is 1. The number of anilines is 1. The van der Waals surface area contributed by atoms with Crippen molar-refractivity contribution in [3.63, 3.8) is 0 Å². The van der Waals surface area contributed by atoms with Crippen molar-refractivity contribution >= 4 is 5.69 Å². The van der Waals surface area contributed by atoms with Gasteiger partial charge in [-0.1, -0.05) is 12.1 Å². The highest BCUT2D eigenvalue weighted by Gasteiger charge is 2.08. The molecule has 0 aliphatic heterocycles. The number of phenolic OH excluding ortho intramolecular Hbond substituents is 1. The summed E-state index contributed by atoms with van der Waals surface area (Å²) in [4.78, 5) is 11.3. The first kappa shape index (κ1) is 10.2. The molecule has 0 bridgehead atoms. The molecule has 0 amide bonds. The number of nitrogens with two attached hydrogens (primary N) is 1. The smallest absolute Gasteiger partial charge is 0.289 e. The number of phenols is 1. The Morgan fingerprint density at radius 2 is 2.06 bits per heavy atom. The second-order valence-electron chi connectivity index (χ2n) is 3.43. The first-order valence-electron chi connectivity index (χ1n) is 4.72. The van der Waals surface area contributed by atoms with Crippen LogP contribution in [0.15, 0.2) is 35.1 Å². The Bertz CT molecular complexity index is 564. The van der Waals surface area contributed by atoms with Crippen LogP contribution in [0.25, 0.3) is 11.3 Å². The third-order valence-corrected chi connectivity index (χ3v) is 2.27. The van der Waals surface area contributed by atoms with Crippen LogP contribution in [0.3, 0.4) is 0 Å². The van der Waals surface area contributed by atoms with Crippen LogP contribution < -0.4 is 11.3 Å². The van der Waals surface area contributed by atoms with E-state index < -0.39 is 0 Å². The van der Waals surface area contributed by atoms with Gasteiger partial charge in [-0.15, -0.1) is 0 Å². The molecular weight excluding hydrogens is 206 g/mol. The molecule has 5 nitrogen and oxygen atoms in total. The molecule has 1 aromatic heterocycles. The predicted octanol–water partition coefficient (Wildman–Crippen LogP) is 0.735. The normalized spacial score (nSPS) is 10.3. The lowest BCUT2D eigenvalue weighted by atomic mass is 10.1. The van der Waals surface area contributed by atoms with Crippen LogP contribution in [0.5, 0.6) is 5.75 Å². The highest BCUT2D eigenvalue weighted by molar-refractivity contribution is 5.68. The number of hydrogen-bond acceptors (Lipinski definition) is 4. The van der Waals surface area contributed by atoms with Crippen LogP contribution in [-0.2, 0) is 7.05 Å². The Kier molecular flexibility index (Phi) is 2.36. The SMILES string of the molecule is Cn1nc(-c2ccccc2O)cc(N)c1=O. The minimum Gasteiger partial charge on any atom is -0.507 e. The minimum atomic E-state index is -0.348. The second kappa shape index (κ2) is 3.69. The summed E-state index contributed by atoms with van der Waals surface area (Å²) in [6, 6.07) is 8.21. The van der Waals surface area contributed by atoms with Crippen LogP contribution in [0.4, 0.5) is 5.69 Å². The van der Waals surface area contributed by atoms with Gasteiger partial charge in [0.15, 0.2) is 0 Å². The zero-order valence-electron chi connectivity index (χ0n) is 8.71. The van der Waals surface area contributed by atoms with Gasteiger partial charge in [0, 0.05) is 12.6 Å². The fourth-order valence-corrected chi connectivity index (χ4v) is 1.45. The third kappa shape index (κ3) is 1.63. The molecule has 2 aromatic rings.